The van der Waals surface area contributed by atoms with Gasteiger partial charge in [0.1, 0.15) is 27.7 Å². The summed E-state index contributed by atoms with van der Waals surface area (Å²) in [5.41, 5.74) is 3.84. The number of rotatable bonds is 1. The Morgan fingerprint density at radius 3 is 2.36 bits per heavy atom. The van der Waals surface area contributed by atoms with Crippen LogP contribution in [0.1, 0.15) is 5.56 Å². The Balaban J connectivity index is 0.000000160. The van der Waals surface area contributed by atoms with Gasteiger partial charge < -0.3 is 4.55 Å². The minimum absolute atomic E-state index is 0.175. The Bertz CT molecular complexity index is 887. The highest BCUT2D eigenvalue weighted by Crippen LogP contribution is 2.16. The van der Waals surface area contributed by atoms with E-state index in [0.29, 0.717) is 0 Å². The van der Waals surface area contributed by atoms with Gasteiger partial charge in [-0.05, 0) is 31.2 Å². The molecule has 0 unspecified atom stereocenters. The zero-order chi connectivity index (χ0) is 16.3. The van der Waals surface area contributed by atoms with E-state index in [4.69, 9.17) is 0 Å². The normalized spacial score (nSPS) is 11.1. The predicted octanol–water partition coefficient (Wildman–Crippen LogP) is 2.76. The maximum Gasteiger partial charge on any atom is 0.226 e. The summed E-state index contributed by atoms with van der Waals surface area (Å²) in [7, 11) is -2.35. The van der Waals surface area contributed by atoms with Crippen molar-refractivity contribution in [2.45, 2.75) is 11.8 Å². The second-order valence-electron chi connectivity index (χ2n) is 4.71. The highest BCUT2D eigenvalue weighted by Gasteiger charge is 2.07. The summed E-state index contributed by atoms with van der Waals surface area (Å²) in [6.45, 7) is 1.82. The molecule has 3 aromatic rings. The van der Waals surface area contributed by atoms with Gasteiger partial charge in [-0.15, -0.1) is 0 Å². The Labute approximate surface area is 132 Å². The lowest BCUT2D eigenvalue weighted by molar-refractivity contribution is -0.640. The Morgan fingerprint density at radius 1 is 1.14 bits per heavy atom. The zero-order valence-corrected chi connectivity index (χ0v) is 13.6. The van der Waals surface area contributed by atoms with E-state index in [-0.39, 0.29) is 10.7 Å². The molecule has 0 aliphatic carbocycles. The molecule has 3 rings (SSSR count). The Hall–Kier alpha value is -1.83. The average molecular weight is 339 g/mol. The van der Waals surface area contributed by atoms with Gasteiger partial charge in [0, 0.05) is 6.07 Å². The second-order valence-corrected chi connectivity index (χ2v) is 6.98. The van der Waals surface area contributed by atoms with Crippen LogP contribution in [-0.2, 0) is 17.2 Å². The smallest absolute Gasteiger partial charge is 0.226 e. The van der Waals surface area contributed by atoms with Crippen molar-refractivity contribution in [3.05, 3.63) is 59.4 Å². The van der Waals surface area contributed by atoms with Gasteiger partial charge in [-0.2, -0.15) is 4.57 Å². The fourth-order valence-corrected chi connectivity index (χ4v) is 3.09. The van der Waals surface area contributed by atoms with E-state index in [1.165, 1.54) is 18.2 Å². The summed E-state index contributed by atoms with van der Waals surface area (Å²) >= 11 is 1.62. The maximum absolute atomic E-state index is 12.7. The SMILES string of the molecule is C[n+]1csc2ccc(F)cc21.Cc1ccc(S(=O)(=O)[O-])cc1. The van der Waals surface area contributed by atoms with E-state index in [2.05, 4.69) is 0 Å². The third-order valence-electron chi connectivity index (χ3n) is 2.95. The molecule has 0 radical (unpaired) electrons. The van der Waals surface area contributed by atoms with Crippen molar-refractivity contribution in [1.82, 2.24) is 0 Å². The molecule has 0 aliphatic rings. The maximum atomic E-state index is 12.7. The van der Waals surface area contributed by atoms with Crippen molar-refractivity contribution < 1.29 is 21.9 Å². The largest absolute Gasteiger partial charge is 0.744 e. The van der Waals surface area contributed by atoms with Crippen LogP contribution in [0.2, 0.25) is 0 Å². The van der Waals surface area contributed by atoms with Crippen LogP contribution in [0, 0.1) is 12.7 Å². The topological polar surface area (TPSA) is 61.1 Å². The van der Waals surface area contributed by atoms with Crippen molar-refractivity contribution in [3.8, 4) is 0 Å². The van der Waals surface area contributed by atoms with Gasteiger partial charge in [0.15, 0.2) is 0 Å². The van der Waals surface area contributed by atoms with Crippen molar-refractivity contribution in [2.75, 3.05) is 0 Å². The van der Waals surface area contributed by atoms with Crippen LogP contribution in [0.15, 0.2) is 52.9 Å². The van der Waals surface area contributed by atoms with E-state index < -0.39 is 10.1 Å². The minimum atomic E-state index is -4.27. The Kier molecular flexibility index (Phi) is 4.90. The molecule has 1 aromatic heterocycles. The molecular formula is C15H14FNO3S2. The number of halogens is 1. The molecular weight excluding hydrogens is 325 g/mol. The zero-order valence-electron chi connectivity index (χ0n) is 12.0. The third-order valence-corrected chi connectivity index (χ3v) is 4.82. The number of fused-ring (bicyclic) bond motifs is 1. The molecule has 116 valence electrons. The van der Waals surface area contributed by atoms with Crippen LogP contribution in [0.25, 0.3) is 10.2 Å². The van der Waals surface area contributed by atoms with Gasteiger partial charge in [0.25, 0.3) is 0 Å². The van der Waals surface area contributed by atoms with E-state index >= 15 is 0 Å². The lowest BCUT2D eigenvalue weighted by Crippen LogP contribution is -2.24. The van der Waals surface area contributed by atoms with Gasteiger partial charge in [-0.1, -0.05) is 29.0 Å². The lowest BCUT2D eigenvalue weighted by atomic mass is 10.2. The van der Waals surface area contributed by atoms with Crippen LogP contribution in [-0.4, -0.2) is 13.0 Å². The van der Waals surface area contributed by atoms with Crippen LogP contribution >= 0.6 is 11.3 Å². The molecule has 1 heterocycles. The molecule has 2 aromatic carbocycles. The summed E-state index contributed by atoms with van der Waals surface area (Å²) in [5.74, 6) is -0.175. The van der Waals surface area contributed by atoms with Crippen molar-refractivity contribution >= 4 is 31.7 Å². The molecule has 0 saturated heterocycles. The summed E-state index contributed by atoms with van der Waals surface area (Å²) in [6, 6.07) is 10.6. The highest BCUT2D eigenvalue weighted by molar-refractivity contribution is 7.85. The van der Waals surface area contributed by atoms with Gasteiger partial charge in [0.2, 0.25) is 11.0 Å². The van der Waals surface area contributed by atoms with Gasteiger partial charge in [0.05, 0.1) is 4.90 Å². The van der Waals surface area contributed by atoms with Crippen molar-refractivity contribution in [1.29, 1.82) is 0 Å². The molecule has 22 heavy (non-hydrogen) atoms. The number of hydrogen-bond donors (Lipinski definition) is 0. The number of aryl methyl sites for hydroxylation is 2. The first kappa shape index (κ1) is 16.5. The summed E-state index contributed by atoms with van der Waals surface area (Å²) in [6.07, 6.45) is 0. The molecule has 0 atom stereocenters. The fourth-order valence-electron chi connectivity index (χ4n) is 1.76. The molecule has 0 amide bonds. The third kappa shape index (κ3) is 4.09. The number of thiazole rings is 1. The lowest BCUT2D eigenvalue weighted by Gasteiger charge is -2.05. The predicted molar refractivity (Wildman–Crippen MR) is 82.1 cm³/mol. The number of aromatic nitrogens is 1. The highest BCUT2D eigenvalue weighted by atomic mass is 32.2. The van der Waals surface area contributed by atoms with Gasteiger partial charge >= 0.3 is 0 Å². The molecule has 0 spiro atoms. The van der Waals surface area contributed by atoms with Crippen molar-refractivity contribution in [2.24, 2.45) is 7.05 Å². The summed E-state index contributed by atoms with van der Waals surface area (Å²) < 4.78 is 46.9. The minimum Gasteiger partial charge on any atom is -0.744 e. The standard InChI is InChI=1S/C8H7FNS.C7H8O3S/c1-10-5-11-8-3-2-6(9)4-7(8)10;1-6-2-4-7(5-3-6)11(8,9)10/h2-5H,1H3;2-5H,1H3,(H,8,9,10)/q+1;/p-1. The monoisotopic (exact) mass is 339 g/mol. The molecule has 7 heteroatoms. The van der Waals surface area contributed by atoms with Crippen LogP contribution in [0.3, 0.4) is 0 Å². The van der Waals surface area contributed by atoms with E-state index in [1.807, 2.05) is 24.0 Å². The fraction of sp³-hybridized carbons (Fsp3) is 0.133. The number of nitrogens with zero attached hydrogens (tertiary/aromatic N) is 1. The number of hydrogen-bond acceptors (Lipinski definition) is 4. The van der Waals surface area contributed by atoms with Gasteiger partial charge in [-0.3, -0.25) is 0 Å². The van der Waals surface area contributed by atoms with Crippen LogP contribution < -0.4 is 4.57 Å². The van der Waals surface area contributed by atoms with E-state index in [1.54, 1.807) is 35.6 Å². The summed E-state index contributed by atoms with van der Waals surface area (Å²) in [4.78, 5) is -0.178. The quantitative estimate of drug-likeness (QED) is 0.506. The van der Waals surface area contributed by atoms with Crippen LogP contribution in [0.4, 0.5) is 4.39 Å². The molecule has 0 saturated carbocycles. The van der Waals surface area contributed by atoms with E-state index in [0.717, 1.165) is 15.8 Å². The molecule has 4 nitrogen and oxygen atoms in total. The molecule has 0 N–H and O–H groups in total. The Morgan fingerprint density at radius 2 is 1.77 bits per heavy atom. The van der Waals surface area contributed by atoms with Crippen molar-refractivity contribution in [3.63, 3.8) is 0 Å². The number of benzene rings is 2. The average Bonchev–Trinajstić information content (AvgIpc) is 2.80. The van der Waals surface area contributed by atoms with Gasteiger partial charge in [-0.25, -0.2) is 12.8 Å². The first-order chi connectivity index (χ1) is 10.3. The van der Waals surface area contributed by atoms with E-state index in [9.17, 15) is 17.4 Å². The summed E-state index contributed by atoms with van der Waals surface area (Å²) in [5, 5.41) is 0. The molecule has 0 aliphatic heterocycles. The molecule has 0 bridgehead atoms. The molecule has 0 fully saturated rings. The second kappa shape index (κ2) is 6.51. The first-order valence-corrected chi connectivity index (χ1v) is 8.61. The van der Waals surface area contributed by atoms with Crippen LogP contribution in [0.5, 0.6) is 0 Å². The first-order valence-electron chi connectivity index (χ1n) is 6.32.